The van der Waals surface area contributed by atoms with E-state index in [4.69, 9.17) is 20.9 Å². The van der Waals surface area contributed by atoms with E-state index >= 15 is 0 Å². The Balaban J connectivity index is 1.53. The van der Waals surface area contributed by atoms with Crippen molar-refractivity contribution >= 4 is 27.6 Å². The maximum absolute atomic E-state index is 7.90. The molecule has 0 bridgehead atoms. The minimum atomic E-state index is 0.0889. The molecule has 1 fully saturated rings. The maximum Gasteiger partial charge on any atom is 0.123 e. The number of fused-ring (bicyclic) bond motifs is 2. The molecule has 5 rings (SSSR count). The molecule has 1 aromatic heterocycles. The van der Waals surface area contributed by atoms with Crippen LogP contribution in [0.1, 0.15) is 29.8 Å². The first-order chi connectivity index (χ1) is 15.1. The van der Waals surface area contributed by atoms with Crippen molar-refractivity contribution in [3.05, 3.63) is 71.5 Å². The number of nitrogen functional groups attached to an aromatic ring is 1. The van der Waals surface area contributed by atoms with Gasteiger partial charge < -0.3 is 20.4 Å². The topological polar surface area (TPSA) is 89.0 Å². The molecule has 158 valence electrons. The Kier molecular flexibility index (Phi) is 5.08. The van der Waals surface area contributed by atoms with E-state index in [-0.39, 0.29) is 11.9 Å². The highest BCUT2D eigenvalue weighted by molar-refractivity contribution is 6.08. The van der Waals surface area contributed by atoms with Gasteiger partial charge in [-0.15, -0.1) is 0 Å². The lowest BCUT2D eigenvalue weighted by molar-refractivity contribution is 0.167. The van der Waals surface area contributed by atoms with E-state index in [0.717, 1.165) is 64.9 Å². The summed E-state index contributed by atoms with van der Waals surface area (Å²) in [4.78, 5) is 4.76. The molecular weight excluding hydrogens is 386 g/mol. The maximum atomic E-state index is 7.90. The highest BCUT2D eigenvalue weighted by Gasteiger charge is 2.16. The van der Waals surface area contributed by atoms with Gasteiger partial charge in [-0.25, -0.2) is 4.98 Å². The molecule has 1 atom stereocenters. The minimum absolute atomic E-state index is 0.0889. The van der Waals surface area contributed by atoms with Gasteiger partial charge in [0.1, 0.15) is 23.5 Å². The quantitative estimate of drug-likeness (QED) is 0.341. The van der Waals surface area contributed by atoms with Crippen LogP contribution in [0.3, 0.4) is 0 Å². The normalized spacial score (nSPS) is 16.6. The summed E-state index contributed by atoms with van der Waals surface area (Å²) in [6.45, 7) is 4.69. The second-order valence-electron chi connectivity index (χ2n) is 8.21. The molecule has 0 spiro atoms. The van der Waals surface area contributed by atoms with Crippen molar-refractivity contribution in [1.82, 2.24) is 14.9 Å². The molecule has 4 N–H and O–H groups in total. The number of nitrogens with zero attached hydrogens (tertiary/aromatic N) is 2. The summed E-state index contributed by atoms with van der Waals surface area (Å²) >= 11 is 0. The molecule has 6 heteroatoms. The summed E-state index contributed by atoms with van der Waals surface area (Å²) in [7, 11) is 0. The molecule has 3 aromatic carbocycles. The molecule has 0 radical (unpaired) electrons. The van der Waals surface area contributed by atoms with E-state index in [0.29, 0.717) is 6.54 Å². The van der Waals surface area contributed by atoms with Crippen LogP contribution in [0.2, 0.25) is 0 Å². The average Bonchev–Trinajstić information content (AvgIpc) is 3.09. The van der Waals surface area contributed by atoms with E-state index < -0.39 is 0 Å². The van der Waals surface area contributed by atoms with Crippen molar-refractivity contribution in [3.8, 4) is 5.75 Å². The first-order valence-electron chi connectivity index (χ1n) is 10.8. The predicted molar refractivity (Wildman–Crippen MR) is 125 cm³/mol. The van der Waals surface area contributed by atoms with Crippen molar-refractivity contribution in [2.45, 2.75) is 32.4 Å². The van der Waals surface area contributed by atoms with Gasteiger partial charge in [0, 0.05) is 24.7 Å². The smallest absolute Gasteiger partial charge is 0.123 e. The number of hydrogen-bond donors (Lipinski definition) is 3. The van der Waals surface area contributed by atoms with Crippen LogP contribution in [0.5, 0.6) is 5.75 Å². The summed E-state index contributed by atoms with van der Waals surface area (Å²) in [6, 6.07) is 18.3. The Bertz CT molecular complexity index is 1270. The fourth-order valence-corrected chi connectivity index (χ4v) is 4.51. The van der Waals surface area contributed by atoms with Crippen LogP contribution in [0.25, 0.3) is 21.8 Å². The molecule has 31 heavy (non-hydrogen) atoms. The molecular formula is C25H27N5O. The standard InChI is InChI=1S/C25H27N5O/c1-16-29-23-11-9-18(31-19-5-4-12-28-14-19)13-24(23)30(16)15-17-8-10-22(25(26)27)21-7-3-2-6-20(17)21/h2-3,6-11,13,19,28H,4-5,12,14-15H2,1H3,(H3,26,27). The Labute approximate surface area is 181 Å². The Hall–Kier alpha value is -3.38. The molecule has 0 aliphatic carbocycles. The monoisotopic (exact) mass is 413 g/mol. The van der Waals surface area contributed by atoms with Gasteiger partial charge in [-0.1, -0.05) is 36.4 Å². The zero-order valence-corrected chi connectivity index (χ0v) is 17.7. The molecule has 1 aliphatic rings. The van der Waals surface area contributed by atoms with Gasteiger partial charge in [0.2, 0.25) is 0 Å². The molecule has 1 aliphatic heterocycles. The number of piperidine rings is 1. The van der Waals surface area contributed by atoms with E-state index in [1.54, 1.807) is 0 Å². The van der Waals surface area contributed by atoms with Gasteiger partial charge in [0.15, 0.2) is 0 Å². The number of benzene rings is 3. The zero-order valence-electron chi connectivity index (χ0n) is 17.7. The zero-order chi connectivity index (χ0) is 21.4. The lowest BCUT2D eigenvalue weighted by Gasteiger charge is -2.24. The molecule has 1 saturated heterocycles. The number of amidine groups is 1. The van der Waals surface area contributed by atoms with Gasteiger partial charge in [-0.3, -0.25) is 5.41 Å². The van der Waals surface area contributed by atoms with Crippen LogP contribution in [0.15, 0.2) is 54.6 Å². The molecule has 6 nitrogen and oxygen atoms in total. The van der Waals surface area contributed by atoms with Gasteiger partial charge in [0.05, 0.1) is 11.0 Å². The second-order valence-corrected chi connectivity index (χ2v) is 8.21. The van der Waals surface area contributed by atoms with E-state index in [2.05, 4.69) is 28.1 Å². The number of aryl methyl sites for hydroxylation is 1. The predicted octanol–water partition coefficient (Wildman–Crippen LogP) is 3.96. The average molecular weight is 414 g/mol. The highest BCUT2D eigenvalue weighted by Crippen LogP contribution is 2.28. The Morgan fingerprint density at radius 1 is 1.19 bits per heavy atom. The summed E-state index contributed by atoms with van der Waals surface area (Å²) in [5.74, 6) is 1.94. The molecule has 2 heterocycles. The van der Waals surface area contributed by atoms with Crippen LogP contribution in [-0.4, -0.2) is 34.6 Å². The molecule has 1 unspecified atom stereocenters. The number of hydrogen-bond acceptors (Lipinski definition) is 4. The van der Waals surface area contributed by atoms with Gasteiger partial charge in [0.25, 0.3) is 0 Å². The van der Waals surface area contributed by atoms with Crippen molar-refractivity contribution in [2.75, 3.05) is 13.1 Å². The number of imidazole rings is 1. The molecule has 4 aromatic rings. The minimum Gasteiger partial charge on any atom is -0.489 e. The van der Waals surface area contributed by atoms with E-state index in [1.165, 1.54) is 5.56 Å². The lowest BCUT2D eigenvalue weighted by atomic mass is 9.99. The van der Waals surface area contributed by atoms with Gasteiger partial charge >= 0.3 is 0 Å². The third-order valence-electron chi connectivity index (χ3n) is 6.10. The molecule has 0 amide bonds. The first kappa shape index (κ1) is 19.6. The second kappa shape index (κ2) is 8.04. The molecule has 0 saturated carbocycles. The fourth-order valence-electron chi connectivity index (χ4n) is 4.51. The lowest BCUT2D eigenvalue weighted by Crippen LogP contribution is -2.37. The highest BCUT2D eigenvalue weighted by atomic mass is 16.5. The Morgan fingerprint density at radius 3 is 2.81 bits per heavy atom. The van der Waals surface area contributed by atoms with Crippen LogP contribution in [0, 0.1) is 12.3 Å². The van der Waals surface area contributed by atoms with Crippen molar-refractivity contribution in [1.29, 1.82) is 5.41 Å². The summed E-state index contributed by atoms with van der Waals surface area (Å²) in [5.41, 5.74) is 9.78. The van der Waals surface area contributed by atoms with Crippen molar-refractivity contribution < 1.29 is 4.74 Å². The third kappa shape index (κ3) is 3.75. The Morgan fingerprint density at radius 2 is 2.03 bits per heavy atom. The van der Waals surface area contributed by atoms with Crippen LogP contribution >= 0.6 is 0 Å². The van der Waals surface area contributed by atoms with E-state index in [1.807, 2.05) is 43.3 Å². The number of ether oxygens (including phenoxy) is 1. The number of rotatable bonds is 5. The largest absolute Gasteiger partial charge is 0.489 e. The number of nitrogens with two attached hydrogens (primary N) is 1. The fraction of sp³-hybridized carbons (Fsp3) is 0.280. The van der Waals surface area contributed by atoms with Crippen LogP contribution in [-0.2, 0) is 6.54 Å². The summed E-state index contributed by atoms with van der Waals surface area (Å²) < 4.78 is 8.48. The van der Waals surface area contributed by atoms with Gasteiger partial charge in [-0.2, -0.15) is 0 Å². The van der Waals surface area contributed by atoms with Crippen LogP contribution < -0.4 is 15.8 Å². The van der Waals surface area contributed by atoms with Crippen LogP contribution in [0.4, 0.5) is 0 Å². The first-order valence-corrected chi connectivity index (χ1v) is 10.8. The summed E-state index contributed by atoms with van der Waals surface area (Å²) in [5, 5.41) is 13.4. The van der Waals surface area contributed by atoms with E-state index in [9.17, 15) is 0 Å². The summed E-state index contributed by atoms with van der Waals surface area (Å²) in [6.07, 6.45) is 2.44. The number of nitrogens with one attached hydrogen (secondary N) is 2. The van der Waals surface area contributed by atoms with Crippen molar-refractivity contribution in [2.24, 2.45) is 5.73 Å². The SMILES string of the molecule is Cc1nc2ccc(OC3CCCNC3)cc2n1Cc1ccc(C(=N)N)c2ccccc12. The third-order valence-corrected chi connectivity index (χ3v) is 6.10. The van der Waals surface area contributed by atoms with Crippen molar-refractivity contribution in [3.63, 3.8) is 0 Å². The van der Waals surface area contributed by atoms with Gasteiger partial charge in [-0.05, 0) is 54.8 Å². The number of aromatic nitrogens is 2.